The molecule has 0 radical (unpaired) electrons. The van der Waals surface area contributed by atoms with Gasteiger partial charge in [0.05, 0.1) is 10.2 Å². The molecular formula is C14H17N3OS. The van der Waals surface area contributed by atoms with E-state index in [0.717, 1.165) is 28.6 Å². The summed E-state index contributed by atoms with van der Waals surface area (Å²) in [5.41, 5.74) is 7.28. The molecule has 2 aromatic rings. The van der Waals surface area contributed by atoms with Gasteiger partial charge in [-0.05, 0) is 31.0 Å². The first-order valence-electron chi connectivity index (χ1n) is 6.58. The third kappa shape index (κ3) is 2.30. The number of nitrogens with zero attached hydrogens (tertiary/aromatic N) is 2. The topological polar surface area (TPSA) is 59.2 Å². The number of amides is 1. The van der Waals surface area contributed by atoms with E-state index in [-0.39, 0.29) is 5.91 Å². The van der Waals surface area contributed by atoms with Gasteiger partial charge in [-0.15, -0.1) is 0 Å². The molecule has 0 atom stereocenters. The number of nitrogen functional groups attached to an aromatic ring is 1. The van der Waals surface area contributed by atoms with Gasteiger partial charge in [-0.1, -0.05) is 24.2 Å². The van der Waals surface area contributed by atoms with Gasteiger partial charge >= 0.3 is 0 Å². The third-order valence-electron chi connectivity index (χ3n) is 3.84. The van der Waals surface area contributed by atoms with Crippen molar-refractivity contribution in [1.29, 1.82) is 0 Å². The summed E-state index contributed by atoms with van der Waals surface area (Å²) in [6.45, 7) is 0. The van der Waals surface area contributed by atoms with Gasteiger partial charge in [-0.25, -0.2) is 4.98 Å². The predicted molar refractivity (Wildman–Crippen MR) is 78.4 cm³/mol. The molecule has 1 amide bonds. The lowest BCUT2D eigenvalue weighted by atomic mass is 10.1. The number of nitrogens with two attached hydrogens (primary N) is 1. The third-order valence-corrected chi connectivity index (χ3v) is 4.69. The highest BCUT2D eigenvalue weighted by Gasteiger charge is 2.24. The summed E-state index contributed by atoms with van der Waals surface area (Å²) in [7, 11) is 1.91. The van der Waals surface area contributed by atoms with Gasteiger partial charge in [0, 0.05) is 18.7 Å². The number of anilines is 1. The number of fused-ring (bicyclic) bond motifs is 1. The Bertz CT molecular complexity index is 616. The van der Waals surface area contributed by atoms with Crippen LogP contribution < -0.4 is 5.73 Å². The van der Waals surface area contributed by atoms with Crippen molar-refractivity contribution >= 4 is 32.6 Å². The van der Waals surface area contributed by atoms with Crippen LogP contribution in [-0.2, 0) is 0 Å². The number of benzene rings is 1. The van der Waals surface area contributed by atoms with E-state index >= 15 is 0 Å². The molecule has 1 aromatic heterocycles. The van der Waals surface area contributed by atoms with Crippen molar-refractivity contribution < 1.29 is 4.79 Å². The fourth-order valence-electron chi connectivity index (χ4n) is 2.74. The SMILES string of the molecule is CN(C(=O)c1ccc2nc(N)sc2c1)C1CCCC1. The van der Waals surface area contributed by atoms with Crippen LogP contribution in [-0.4, -0.2) is 28.9 Å². The average molecular weight is 275 g/mol. The van der Waals surface area contributed by atoms with Crippen molar-refractivity contribution in [1.82, 2.24) is 9.88 Å². The van der Waals surface area contributed by atoms with Gasteiger partial charge in [-0.2, -0.15) is 0 Å². The maximum absolute atomic E-state index is 12.5. The zero-order valence-corrected chi connectivity index (χ0v) is 11.7. The molecule has 1 aromatic carbocycles. The van der Waals surface area contributed by atoms with Crippen molar-refractivity contribution in [2.75, 3.05) is 12.8 Å². The number of hydrogen-bond acceptors (Lipinski definition) is 4. The minimum absolute atomic E-state index is 0.0979. The number of thiazole rings is 1. The Labute approximate surface area is 116 Å². The second-order valence-electron chi connectivity index (χ2n) is 5.09. The summed E-state index contributed by atoms with van der Waals surface area (Å²) in [5.74, 6) is 0.0979. The van der Waals surface area contributed by atoms with Gasteiger partial charge in [0.1, 0.15) is 0 Å². The molecule has 1 heterocycles. The van der Waals surface area contributed by atoms with E-state index in [1.165, 1.54) is 24.2 Å². The molecule has 1 aliphatic rings. The van der Waals surface area contributed by atoms with Crippen LogP contribution in [0.1, 0.15) is 36.0 Å². The van der Waals surface area contributed by atoms with Crippen molar-refractivity contribution in [2.24, 2.45) is 0 Å². The smallest absolute Gasteiger partial charge is 0.253 e. The highest BCUT2D eigenvalue weighted by Crippen LogP contribution is 2.27. The van der Waals surface area contributed by atoms with Crippen LogP contribution in [0.25, 0.3) is 10.2 Å². The summed E-state index contributed by atoms with van der Waals surface area (Å²) in [6.07, 6.45) is 4.70. The molecule has 0 aliphatic heterocycles. The Morgan fingerprint density at radius 1 is 1.42 bits per heavy atom. The zero-order valence-electron chi connectivity index (χ0n) is 10.9. The molecule has 0 spiro atoms. The minimum atomic E-state index is 0.0979. The number of aromatic nitrogens is 1. The van der Waals surface area contributed by atoms with E-state index in [9.17, 15) is 4.79 Å². The maximum atomic E-state index is 12.5. The summed E-state index contributed by atoms with van der Waals surface area (Å²) >= 11 is 1.42. The van der Waals surface area contributed by atoms with Gasteiger partial charge < -0.3 is 10.6 Å². The molecule has 1 saturated carbocycles. The molecule has 19 heavy (non-hydrogen) atoms. The van der Waals surface area contributed by atoms with E-state index in [1.807, 2.05) is 30.1 Å². The van der Waals surface area contributed by atoms with E-state index in [1.54, 1.807) is 0 Å². The summed E-state index contributed by atoms with van der Waals surface area (Å²) < 4.78 is 0.975. The molecule has 4 nitrogen and oxygen atoms in total. The average Bonchev–Trinajstić information content (AvgIpc) is 3.03. The van der Waals surface area contributed by atoms with Crippen LogP contribution in [0.2, 0.25) is 0 Å². The highest BCUT2D eigenvalue weighted by atomic mass is 32.1. The Morgan fingerprint density at radius 3 is 2.89 bits per heavy atom. The summed E-state index contributed by atoms with van der Waals surface area (Å²) in [5, 5.41) is 0.545. The van der Waals surface area contributed by atoms with Crippen molar-refractivity contribution in [2.45, 2.75) is 31.7 Å². The monoisotopic (exact) mass is 275 g/mol. The summed E-state index contributed by atoms with van der Waals surface area (Å²) in [4.78, 5) is 18.6. The second-order valence-corrected chi connectivity index (χ2v) is 6.15. The fraction of sp³-hybridized carbons (Fsp3) is 0.429. The van der Waals surface area contributed by atoms with Crippen LogP contribution in [0.5, 0.6) is 0 Å². The molecule has 3 rings (SSSR count). The fourth-order valence-corrected chi connectivity index (χ4v) is 3.51. The largest absolute Gasteiger partial charge is 0.375 e. The summed E-state index contributed by atoms with van der Waals surface area (Å²) in [6, 6.07) is 6.01. The Balaban J connectivity index is 1.87. The molecule has 100 valence electrons. The van der Waals surface area contributed by atoms with Crippen LogP contribution in [0.3, 0.4) is 0 Å². The van der Waals surface area contributed by atoms with E-state index < -0.39 is 0 Å². The van der Waals surface area contributed by atoms with Gasteiger partial charge in [0.25, 0.3) is 5.91 Å². The van der Waals surface area contributed by atoms with E-state index in [0.29, 0.717) is 11.2 Å². The molecule has 1 aliphatic carbocycles. The number of carbonyl (C=O) groups is 1. The van der Waals surface area contributed by atoms with Gasteiger partial charge in [-0.3, -0.25) is 4.79 Å². The molecule has 0 unspecified atom stereocenters. The van der Waals surface area contributed by atoms with Crippen molar-refractivity contribution in [3.05, 3.63) is 23.8 Å². The quantitative estimate of drug-likeness (QED) is 0.916. The first-order valence-corrected chi connectivity index (χ1v) is 7.40. The number of hydrogen-bond donors (Lipinski definition) is 1. The normalized spacial score (nSPS) is 16.1. The first kappa shape index (κ1) is 12.4. The zero-order chi connectivity index (χ0) is 13.4. The Morgan fingerprint density at radius 2 is 2.16 bits per heavy atom. The van der Waals surface area contributed by atoms with Crippen LogP contribution in [0.15, 0.2) is 18.2 Å². The Kier molecular flexibility index (Phi) is 3.14. The van der Waals surface area contributed by atoms with Crippen LogP contribution in [0, 0.1) is 0 Å². The van der Waals surface area contributed by atoms with E-state index in [2.05, 4.69) is 4.98 Å². The second kappa shape index (κ2) is 4.81. The Hall–Kier alpha value is -1.62. The van der Waals surface area contributed by atoms with Crippen LogP contribution in [0.4, 0.5) is 5.13 Å². The van der Waals surface area contributed by atoms with Crippen molar-refractivity contribution in [3.63, 3.8) is 0 Å². The lowest BCUT2D eigenvalue weighted by Crippen LogP contribution is -2.35. The van der Waals surface area contributed by atoms with Crippen LogP contribution >= 0.6 is 11.3 Å². The maximum Gasteiger partial charge on any atom is 0.253 e. The predicted octanol–water partition coefficient (Wildman–Crippen LogP) is 2.89. The highest BCUT2D eigenvalue weighted by molar-refractivity contribution is 7.22. The molecule has 2 N–H and O–H groups in total. The molecule has 0 saturated heterocycles. The first-order chi connectivity index (χ1) is 9.15. The van der Waals surface area contributed by atoms with E-state index in [4.69, 9.17) is 5.73 Å². The number of carbonyl (C=O) groups excluding carboxylic acids is 1. The molecule has 0 bridgehead atoms. The molecule has 5 heteroatoms. The standard InChI is InChI=1S/C14H17N3OS/c1-17(10-4-2-3-5-10)13(18)9-6-7-11-12(8-9)19-14(15)16-11/h6-8,10H,2-5H2,1H3,(H2,15,16). The van der Waals surface area contributed by atoms with Gasteiger partial charge in [0.2, 0.25) is 0 Å². The molecule has 1 fully saturated rings. The number of rotatable bonds is 2. The lowest BCUT2D eigenvalue weighted by molar-refractivity contribution is 0.0735. The van der Waals surface area contributed by atoms with Crippen molar-refractivity contribution in [3.8, 4) is 0 Å². The van der Waals surface area contributed by atoms with Gasteiger partial charge in [0.15, 0.2) is 5.13 Å². The molecular weight excluding hydrogens is 258 g/mol. The lowest BCUT2D eigenvalue weighted by Gasteiger charge is -2.24. The minimum Gasteiger partial charge on any atom is -0.375 e.